The molecule has 1 aliphatic heterocycles. The molecule has 1 unspecified atom stereocenters. The van der Waals surface area contributed by atoms with Crippen molar-refractivity contribution in [3.05, 3.63) is 53.8 Å². The number of benzene rings is 1. The molecule has 6 rings (SSSR count). The van der Waals surface area contributed by atoms with Crippen LogP contribution >= 0.6 is 11.6 Å². The summed E-state index contributed by atoms with van der Waals surface area (Å²) in [6.45, 7) is 9.57. The van der Waals surface area contributed by atoms with Gasteiger partial charge in [0.2, 0.25) is 5.95 Å². The van der Waals surface area contributed by atoms with Gasteiger partial charge < -0.3 is 14.8 Å². The van der Waals surface area contributed by atoms with Gasteiger partial charge in [-0.2, -0.15) is 18.3 Å². The van der Waals surface area contributed by atoms with Crippen LogP contribution in [0.25, 0.3) is 11.1 Å². The summed E-state index contributed by atoms with van der Waals surface area (Å²) in [6.07, 6.45) is 2.32. The molecule has 3 aromatic heterocycles. The van der Waals surface area contributed by atoms with Crippen LogP contribution in [0.15, 0.2) is 43.1 Å². The van der Waals surface area contributed by atoms with Gasteiger partial charge in [-0.1, -0.05) is 17.7 Å². The van der Waals surface area contributed by atoms with E-state index in [1.54, 1.807) is 18.2 Å². The first kappa shape index (κ1) is 32.6. The minimum Gasteiger partial charge on any atom is -0.487 e. The number of hydrogen-bond donors (Lipinski definition) is 1. The fraction of sp³-hybridized carbons (Fsp3) is 0.500. The molecule has 17 heteroatoms. The predicted octanol–water partition coefficient (Wildman–Crippen LogP) is 5.19. The highest BCUT2D eigenvalue weighted by atomic mass is 35.5. The molecule has 1 spiro atoms. The number of anilines is 2. The highest BCUT2D eigenvalue weighted by Crippen LogP contribution is 2.54. The Labute approximate surface area is 273 Å². The summed E-state index contributed by atoms with van der Waals surface area (Å²) in [6, 6.07) is 5.03. The van der Waals surface area contributed by atoms with E-state index in [0.29, 0.717) is 47.8 Å². The van der Waals surface area contributed by atoms with Crippen LogP contribution in [-0.2, 0) is 22.3 Å². The van der Waals surface area contributed by atoms with Crippen LogP contribution in [0.4, 0.5) is 24.8 Å². The lowest BCUT2D eigenvalue weighted by molar-refractivity contribution is -0.162. The summed E-state index contributed by atoms with van der Waals surface area (Å²) in [5.74, 6) is 0.103. The standard InChI is InChI=1S/C30H34ClF3N10O3/c1-18(12-43-17-37-40-41-43)46-25-7-20(5-6-23(25)31)21-10-35-27(36-11-21)38-24-13-44(39-26(24)30(32,33)34)22-8-29(9-22)15-42(16-29)14-28(3,4)47-19(2)45/h5-7,10-11,13,17-18,22H,8-9,12,14-16H2,1-4H3,(H,35,36,38). The number of ether oxygens (including phenoxy) is 2. The van der Waals surface area contributed by atoms with Crippen LogP contribution in [0.5, 0.6) is 5.75 Å². The first-order valence-corrected chi connectivity index (χ1v) is 15.4. The van der Waals surface area contributed by atoms with Gasteiger partial charge in [0.1, 0.15) is 23.8 Å². The largest absolute Gasteiger partial charge is 0.487 e. The maximum Gasteiger partial charge on any atom is 0.437 e. The Bertz CT molecular complexity index is 1720. The van der Waals surface area contributed by atoms with Crippen LogP contribution in [0, 0.1) is 5.41 Å². The molecule has 1 N–H and O–H groups in total. The number of esters is 1. The highest BCUT2D eigenvalue weighted by molar-refractivity contribution is 6.32. The third-order valence-corrected chi connectivity index (χ3v) is 8.49. The number of likely N-dealkylation sites (tertiary alicyclic amines) is 1. The Kier molecular flexibility index (Phi) is 8.59. The monoisotopic (exact) mass is 674 g/mol. The van der Waals surface area contributed by atoms with Gasteiger partial charge in [0, 0.05) is 50.7 Å². The van der Waals surface area contributed by atoms with E-state index in [2.05, 4.69) is 40.8 Å². The number of halogens is 4. The second kappa shape index (κ2) is 12.4. The van der Waals surface area contributed by atoms with E-state index < -0.39 is 17.5 Å². The number of alkyl halides is 3. The number of carbonyl (C=O) groups excluding carboxylic acids is 1. The van der Waals surface area contributed by atoms with Gasteiger partial charge >= 0.3 is 12.1 Å². The highest BCUT2D eigenvalue weighted by Gasteiger charge is 2.54. The minimum atomic E-state index is -4.67. The van der Waals surface area contributed by atoms with Crippen molar-refractivity contribution in [2.75, 3.05) is 25.0 Å². The number of nitrogens with zero attached hydrogens (tertiary/aromatic N) is 9. The molecule has 0 radical (unpaired) electrons. The third kappa shape index (κ3) is 7.48. The van der Waals surface area contributed by atoms with Crippen LogP contribution < -0.4 is 10.1 Å². The van der Waals surface area contributed by atoms with Crippen molar-refractivity contribution in [2.45, 2.75) is 71.0 Å². The molecule has 0 bridgehead atoms. The van der Waals surface area contributed by atoms with E-state index >= 15 is 0 Å². The summed E-state index contributed by atoms with van der Waals surface area (Å²) >= 11 is 6.36. The average Bonchev–Trinajstić information content (AvgIpc) is 3.60. The van der Waals surface area contributed by atoms with Gasteiger partial charge in [-0.15, -0.1) is 5.10 Å². The first-order valence-electron chi connectivity index (χ1n) is 15.0. The summed E-state index contributed by atoms with van der Waals surface area (Å²) < 4.78 is 56.3. The topological polar surface area (TPSA) is 138 Å². The van der Waals surface area contributed by atoms with Crippen molar-refractivity contribution >= 4 is 29.2 Å². The Balaban J connectivity index is 1.09. The molecular formula is C30H34ClF3N10O3. The van der Waals surface area contributed by atoms with E-state index in [1.807, 2.05) is 20.8 Å². The molecule has 250 valence electrons. The number of nitrogens with one attached hydrogen (secondary N) is 1. The number of carbonyl (C=O) groups is 1. The summed E-state index contributed by atoms with van der Waals surface area (Å²) in [5, 5.41) is 18.1. The maximum atomic E-state index is 14.0. The van der Waals surface area contributed by atoms with Crippen LogP contribution in [0.1, 0.15) is 52.3 Å². The molecule has 2 fully saturated rings. The average molecular weight is 675 g/mol. The fourth-order valence-electron chi connectivity index (χ4n) is 6.46. The normalized spacial score (nSPS) is 17.2. The molecule has 2 aliphatic rings. The van der Waals surface area contributed by atoms with Gasteiger partial charge in [0.05, 0.1) is 23.3 Å². The Morgan fingerprint density at radius 2 is 1.89 bits per heavy atom. The molecule has 0 amide bonds. The van der Waals surface area contributed by atoms with Crippen LogP contribution in [0.2, 0.25) is 5.02 Å². The van der Waals surface area contributed by atoms with Crippen molar-refractivity contribution in [1.82, 2.24) is 44.9 Å². The van der Waals surface area contributed by atoms with Crippen molar-refractivity contribution in [3.8, 4) is 16.9 Å². The number of hydrogen-bond acceptors (Lipinski definition) is 11. The molecule has 13 nitrogen and oxygen atoms in total. The van der Waals surface area contributed by atoms with E-state index in [-0.39, 0.29) is 35.2 Å². The van der Waals surface area contributed by atoms with Crippen molar-refractivity contribution in [1.29, 1.82) is 0 Å². The lowest BCUT2D eigenvalue weighted by Crippen LogP contribution is -2.64. The van der Waals surface area contributed by atoms with Crippen molar-refractivity contribution in [3.63, 3.8) is 0 Å². The molecule has 1 saturated carbocycles. The molecule has 47 heavy (non-hydrogen) atoms. The van der Waals surface area contributed by atoms with Gasteiger partial charge in [0.25, 0.3) is 0 Å². The molecule has 1 saturated heterocycles. The lowest BCUT2D eigenvalue weighted by atomic mass is 9.60. The molecule has 4 heterocycles. The minimum absolute atomic E-state index is 0.00518. The quantitative estimate of drug-likeness (QED) is 0.210. The summed E-state index contributed by atoms with van der Waals surface area (Å²) in [5.41, 5.74) is -0.500. The van der Waals surface area contributed by atoms with Crippen LogP contribution in [0.3, 0.4) is 0 Å². The van der Waals surface area contributed by atoms with E-state index in [9.17, 15) is 18.0 Å². The Morgan fingerprint density at radius 3 is 2.53 bits per heavy atom. The smallest absolute Gasteiger partial charge is 0.437 e. The number of tetrazole rings is 1. The zero-order valence-corrected chi connectivity index (χ0v) is 27.0. The summed E-state index contributed by atoms with van der Waals surface area (Å²) in [4.78, 5) is 22.1. The third-order valence-electron chi connectivity index (χ3n) is 8.18. The van der Waals surface area contributed by atoms with Gasteiger partial charge in [-0.05, 0) is 67.2 Å². The van der Waals surface area contributed by atoms with Gasteiger partial charge in [-0.3, -0.25) is 14.4 Å². The second-order valence-electron chi connectivity index (χ2n) is 13.0. The maximum absolute atomic E-state index is 14.0. The van der Waals surface area contributed by atoms with Crippen LogP contribution in [-0.4, -0.2) is 82.2 Å². The molecule has 1 aromatic carbocycles. The van der Waals surface area contributed by atoms with E-state index in [1.165, 1.54) is 41.2 Å². The zero-order valence-electron chi connectivity index (χ0n) is 26.2. The number of rotatable bonds is 11. The molecule has 1 aliphatic carbocycles. The Morgan fingerprint density at radius 1 is 1.17 bits per heavy atom. The predicted molar refractivity (Wildman–Crippen MR) is 164 cm³/mol. The lowest BCUT2D eigenvalue weighted by Gasteiger charge is -2.60. The van der Waals surface area contributed by atoms with Crippen molar-refractivity contribution < 1.29 is 27.4 Å². The van der Waals surface area contributed by atoms with Crippen molar-refractivity contribution in [2.24, 2.45) is 5.41 Å². The van der Waals surface area contributed by atoms with E-state index in [0.717, 1.165) is 13.1 Å². The fourth-order valence-corrected chi connectivity index (χ4v) is 6.62. The van der Waals surface area contributed by atoms with E-state index in [4.69, 9.17) is 21.1 Å². The van der Waals surface area contributed by atoms with Gasteiger partial charge in [-0.25, -0.2) is 14.6 Å². The molecular weight excluding hydrogens is 641 g/mol. The number of aromatic nitrogens is 8. The second-order valence-corrected chi connectivity index (χ2v) is 13.4. The molecule has 1 atom stereocenters. The Hall–Kier alpha value is -4.31. The first-order chi connectivity index (χ1) is 22.2. The SMILES string of the molecule is CC(=O)OC(C)(C)CN1CC2(CC(n3cc(Nc4ncc(-c5ccc(Cl)c(OC(C)Cn6cnnn6)c5)cn4)c(C(F)(F)F)n3)C2)C1. The molecule has 4 aromatic rings. The van der Waals surface area contributed by atoms with Gasteiger partial charge in [0.15, 0.2) is 5.69 Å². The zero-order chi connectivity index (χ0) is 33.6. The summed E-state index contributed by atoms with van der Waals surface area (Å²) in [7, 11) is 0.